The van der Waals surface area contributed by atoms with Crippen LogP contribution in [-0.4, -0.2) is 141 Å². The first-order valence-corrected chi connectivity index (χ1v) is 21.0. The summed E-state index contributed by atoms with van der Waals surface area (Å²) in [6.45, 7) is 1.54. The van der Waals surface area contributed by atoms with Crippen molar-refractivity contribution < 1.29 is 53.2 Å². The van der Waals surface area contributed by atoms with Gasteiger partial charge in [-0.2, -0.15) is 0 Å². The van der Waals surface area contributed by atoms with Crippen molar-refractivity contribution in [1.29, 1.82) is 0 Å². The van der Waals surface area contributed by atoms with Gasteiger partial charge in [-0.3, -0.25) is 19.5 Å². The summed E-state index contributed by atoms with van der Waals surface area (Å²) in [7, 11) is -3.99. The van der Waals surface area contributed by atoms with Crippen molar-refractivity contribution in [3.8, 4) is 23.0 Å². The molecular formula is C33H32N9NaO11S4. The molecule has 4 aliphatic rings. The molecule has 2 amide bonds. The molecular weight excluding hydrogens is 850 g/mol. The standard InChI is InChI=1S/C33H31N9O11S4.Na.H/c1-15-6-25(42-24(35-15)9-40(39-42)14-57(51,52)18-3-5-21(44)23(46)8-18)54-11-17-12-55-31-27(30(48)41(31)28(17)32(49)50)37-29(47)26(19-13-56-33(34)36-19)38-53-10-16-2-4-20(43)22(45)7-16;;/h2-9,13,27,31,39,43-46H,10-12,14H2,1H3,(H2,34,36)(H,37,47)(H,49,50);;/b38-26-;;/t27-,31-;;/m1../s1. The molecule has 2 aromatic carbocycles. The number of aromatic hydroxyl groups is 4. The molecule has 0 unspecified atom stereocenters. The van der Waals surface area contributed by atoms with E-state index >= 15 is 0 Å². The Hall–Kier alpha value is -4.95. The van der Waals surface area contributed by atoms with E-state index in [0.717, 1.165) is 28.4 Å². The van der Waals surface area contributed by atoms with Crippen LogP contribution in [0.5, 0.6) is 23.0 Å². The molecule has 300 valence electrons. The molecule has 4 aliphatic heterocycles. The number of fused-ring (bicyclic) bond motifs is 2. The fourth-order valence-electron chi connectivity index (χ4n) is 5.83. The number of nitrogens with one attached hydrogen (secondary N) is 2. The number of anilines is 1. The van der Waals surface area contributed by atoms with Crippen LogP contribution in [0.3, 0.4) is 0 Å². The second kappa shape index (κ2) is 17.1. The molecule has 0 aliphatic carbocycles. The van der Waals surface area contributed by atoms with Gasteiger partial charge in [-0.1, -0.05) is 11.2 Å². The fourth-order valence-corrected chi connectivity index (χ4v) is 10.1. The van der Waals surface area contributed by atoms with Gasteiger partial charge < -0.3 is 41.4 Å². The number of carboxylic acids is 1. The average Bonchev–Trinajstić information content (AvgIpc) is 3.77. The molecule has 1 saturated heterocycles. The van der Waals surface area contributed by atoms with Crippen molar-refractivity contribution in [2.75, 3.05) is 23.1 Å². The van der Waals surface area contributed by atoms with Gasteiger partial charge in [0.25, 0.3) is 11.8 Å². The van der Waals surface area contributed by atoms with Gasteiger partial charge in [-0.15, -0.1) is 40.4 Å². The van der Waals surface area contributed by atoms with Gasteiger partial charge in [0.05, 0.1) is 16.1 Å². The molecule has 0 bridgehead atoms. The second-order valence-electron chi connectivity index (χ2n) is 12.5. The normalized spacial score (nSPS) is 19.0. The molecule has 7 rings (SSSR count). The number of phenolic OH excluding ortho intramolecular Hbond substituents is 4. The van der Waals surface area contributed by atoms with Crippen LogP contribution in [0.2, 0.25) is 0 Å². The average molecular weight is 882 g/mol. The number of carbonyl (C=O) groups is 3. The molecule has 20 nitrogen and oxygen atoms in total. The molecule has 5 heterocycles. The van der Waals surface area contributed by atoms with E-state index in [1.807, 2.05) is 0 Å². The van der Waals surface area contributed by atoms with E-state index in [0.29, 0.717) is 27.7 Å². The van der Waals surface area contributed by atoms with Gasteiger partial charge >= 0.3 is 35.5 Å². The third-order valence-corrected chi connectivity index (χ3v) is 13.2. The number of nitrogens with zero attached hydrogens (tertiary/aromatic N) is 6. The van der Waals surface area contributed by atoms with Crippen molar-refractivity contribution in [3.63, 3.8) is 0 Å². The molecule has 25 heteroatoms. The number of thioether (sulfide) groups is 2. The summed E-state index contributed by atoms with van der Waals surface area (Å²) in [5, 5.41) is 59.7. The predicted molar refractivity (Wildman–Crippen MR) is 215 cm³/mol. The summed E-state index contributed by atoms with van der Waals surface area (Å²) in [4.78, 5) is 54.5. The first-order chi connectivity index (χ1) is 27.1. The first-order valence-electron chi connectivity index (χ1n) is 16.4. The van der Waals surface area contributed by atoms with Crippen molar-refractivity contribution in [2.45, 2.75) is 29.8 Å². The number of amides is 2. The van der Waals surface area contributed by atoms with Crippen molar-refractivity contribution >= 4 is 109 Å². The SMILES string of the molecule is CC1=NC2=CN(CS(=O)(=O)c3ccc(O)c(O)c3)NN2C(SCC2=C(C(=O)O)N3C(=O)[C@@H](NC(=O)/C(=N\OCc4ccc(O)c(O)c4)c4csc(N)n4)[C@H]3SC2)=C1.[NaH]. The number of hydrogen-bond donors (Lipinski definition) is 8. The Bertz CT molecular complexity index is 2470. The summed E-state index contributed by atoms with van der Waals surface area (Å²) >= 11 is 3.52. The zero-order valence-corrected chi connectivity index (χ0v) is 32.5. The minimum absolute atomic E-state index is 0. The number of allylic oxidation sites excluding steroid dienone is 1. The molecule has 2 atom stereocenters. The number of carboxylic acid groups (broad SMARTS) is 1. The molecule has 9 N–H and O–H groups in total. The van der Waals surface area contributed by atoms with Gasteiger partial charge in [-0.05, 0) is 48.4 Å². The van der Waals surface area contributed by atoms with Gasteiger partial charge in [0, 0.05) is 28.7 Å². The number of nitrogen functional groups attached to an aromatic ring is 1. The minimum atomic E-state index is -3.99. The fraction of sp³-hybridized carbons (Fsp3) is 0.212. The maximum absolute atomic E-state index is 13.5. The number of aromatic nitrogens is 1. The number of rotatable bonds is 13. The van der Waals surface area contributed by atoms with E-state index in [-0.39, 0.29) is 86.3 Å². The van der Waals surface area contributed by atoms with Gasteiger partial charge in [-0.25, -0.2) is 28.2 Å². The topological polar surface area (TPSA) is 293 Å². The number of hydrogen-bond acceptors (Lipinski definition) is 20. The molecule has 0 radical (unpaired) electrons. The number of aliphatic carboxylic acids is 1. The predicted octanol–water partition coefficient (Wildman–Crippen LogP) is 0.875. The van der Waals surface area contributed by atoms with Crippen LogP contribution >= 0.6 is 34.9 Å². The van der Waals surface area contributed by atoms with E-state index in [9.17, 15) is 48.3 Å². The van der Waals surface area contributed by atoms with Gasteiger partial charge in [0.2, 0.25) is 0 Å². The van der Waals surface area contributed by atoms with Crippen molar-refractivity contribution in [3.05, 3.63) is 87.4 Å². The van der Waals surface area contributed by atoms with Crippen LogP contribution in [0.1, 0.15) is 18.2 Å². The number of carbonyl (C=O) groups excluding carboxylic acids is 2. The summed E-state index contributed by atoms with van der Waals surface area (Å²) in [5.74, 6) is -4.47. The zero-order valence-electron chi connectivity index (χ0n) is 29.3. The molecule has 1 aromatic heterocycles. The van der Waals surface area contributed by atoms with E-state index in [4.69, 9.17) is 10.6 Å². The summed E-state index contributed by atoms with van der Waals surface area (Å²) < 4.78 is 26.2. The van der Waals surface area contributed by atoms with Crippen molar-refractivity contribution in [2.24, 2.45) is 10.1 Å². The van der Waals surface area contributed by atoms with Crippen LogP contribution < -0.4 is 16.6 Å². The number of phenols is 4. The van der Waals surface area contributed by atoms with Crippen LogP contribution in [0.15, 0.2) is 91.2 Å². The van der Waals surface area contributed by atoms with Crippen LogP contribution in [0.4, 0.5) is 5.13 Å². The second-order valence-corrected chi connectivity index (χ2v) is 17.5. The third kappa shape index (κ3) is 8.73. The van der Waals surface area contributed by atoms with E-state index < -0.39 is 56.4 Å². The Labute approximate surface area is 363 Å². The Balaban J connectivity index is 0.00000567. The summed E-state index contributed by atoms with van der Waals surface area (Å²) in [6, 6.07) is 6.06. The Morgan fingerprint density at radius 1 is 1.12 bits per heavy atom. The number of nitrogens with two attached hydrogens (primary N) is 1. The van der Waals surface area contributed by atoms with Crippen LogP contribution in [0.25, 0.3) is 0 Å². The number of aliphatic imine (C=N–C) groups is 1. The number of benzene rings is 2. The maximum atomic E-state index is 13.5. The number of sulfone groups is 1. The third-order valence-electron chi connectivity index (χ3n) is 8.52. The van der Waals surface area contributed by atoms with Gasteiger partial charge in [0.1, 0.15) is 35.3 Å². The Kier molecular flexibility index (Phi) is 12.6. The monoisotopic (exact) mass is 881 g/mol. The Morgan fingerprint density at radius 3 is 2.52 bits per heavy atom. The molecule has 1 fully saturated rings. The molecule has 0 spiro atoms. The Morgan fingerprint density at radius 2 is 1.84 bits per heavy atom. The van der Waals surface area contributed by atoms with Crippen LogP contribution in [0, 0.1) is 0 Å². The summed E-state index contributed by atoms with van der Waals surface area (Å²) in [6.07, 6.45) is 3.19. The first kappa shape index (κ1) is 42.7. The number of thiazole rings is 1. The zero-order chi connectivity index (χ0) is 40.8. The molecule has 58 heavy (non-hydrogen) atoms. The number of β-lactam (4-membered cyclic amide) rings is 1. The van der Waals surface area contributed by atoms with E-state index in [1.54, 1.807) is 13.0 Å². The van der Waals surface area contributed by atoms with Crippen molar-refractivity contribution in [1.82, 2.24) is 30.8 Å². The number of hydrazine groups is 2. The molecule has 3 aromatic rings. The van der Waals surface area contributed by atoms with E-state index in [1.165, 1.54) is 69.4 Å². The van der Waals surface area contributed by atoms with Gasteiger partial charge in [0.15, 0.2) is 49.5 Å². The van der Waals surface area contributed by atoms with E-state index in [2.05, 4.69) is 26.0 Å². The quantitative estimate of drug-likeness (QED) is 0.0389. The van der Waals surface area contributed by atoms with Crippen LogP contribution in [-0.2, 0) is 35.7 Å². The summed E-state index contributed by atoms with van der Waals surface area (Å²) in [5.41, 5.74) is 9.70. The number of oxime groups is 1. The molecule has 0 saturated carbocycles.